The first-order chi connectivity index (χ1) is 14.7. The van der Waals surface area contributed by atoms with Gasteiger partial charge in [0, 0.05) is 13.9 Å². The first-order valence-corrected chi connectivity index (χ1v) is 10.4. The molecular weight excluding hydrogens is 398 g/mol. The normalized spacial score (nSPS) is 13.0. The standard InChI is InChI=1S/C24H35NO6.H2/c1-6-24(3,4)31-22(27)17-30-21-11-9-19(10-12-21)16-20(8-7-15-26)23(28)25-14-13-18(2)29-5;/h7,9-13,15,20,26H,6,8,14,16-17H2,1-5H3,(H,25,28);1H/b15-7+,18-13+;. The van der Waals surface area contributed by atoms with Crippen LogP contribution in [0.25, 0.3) is 0 Å². The number of amides is 1. The molecule has 0 spiro atoms. The number of nitrogens with one attached hydrogen (secondary N) is 1. The van der Waals surface area contributed by atoms with Crippen molar-refractivity contribution in [3.05, 3.63) is 54.0 Å². The lowest BCUT2D eigenvalue weighted by Crippen LogP contribution is -2.32. The smallest absolute Gasteiger partial charge is 0.344 e. The summed E-state index contributed by atoms with van der Waals surface area (Å²) in [6.45, 7) is 7.68. The van der Waals surface area contributed by atoms with Gasteiger partial charge in [-0.25, -0.2) is 4.79 Å². The van der Waals surface area contributed by atoms with E-state index in [1.54, 1.807) is 31.4 Å². The third-order valence-corrected chi connectivity index (χ3v) is 4.89. The SMILES string of the molecule is CCC(C)(C)OC(=O)COc1ccc(CC(C/C=C/O)C(=O)NC/C=C(\C)OC)cc1.[HH]. The largest absolute Gasteiger partial charge is 0.516 e. The number of esters is 1. The summed E-state index contributed by atoms with van der Waals surface area (Å²) in [6.07, 6.45) is 5.92. The average molecular weight is 436 g/mol. The van der Waals surface area contributed by atoms with Crippen molar-refractivity contribution < 1.29 is 30.3 Å². The van der Waals surface area contributed by atoms with Crippen LogP contribution in [-0.2, 0) is 25.5 Å². The molecule has 0 aromatic heterocycles. The van der Waals surface area contributed by atoms with Crippen LogP contribution in [0, 0.1) is 5.92 Å². The van der Waals surface area contributed by atoms with Crippen molar-refractivity contribution in [1.82, 2.24) is 5.32 Å². The van der Waals surface area contributed by atoms with Crippen LogP contribution >= 0.6 is 0 Å². The van der Waals surface area contributed by atoms with E-state index in [1.165, 1.54) is 0 Å². The van der Waals surface area contributed by atoms with Gasteiger partial charge in [0.1, 0.15) is 11.4 Å². The third kappa shape index (κ3) is 10.6. The summed E-state index contributed by atoms with van der Waals surface area (Å²) in [6, 6.07) is 7.23. The van der Waals surface area contributed by atoms with Crippen LogP contribution in [0.3, 0.4) is 0 Å². The van der Waals surface area contributed by atoms with E-state index in [1.807, 2.05) is 39.8 Å². The van der Waals surface area contributed by atoms with Gasteiger partial charge >= 0.3 is 5.97 Å². The number of carbonyl (C=O) groups excluding carboxylic acids is 2. The molecule has 0 aliphatic rings. The number of ether oxygens (including phenoxy) is 3. The van der Waals surface area contributed by atoms with Gasteiger partial charge in [-0.15, -0.1) is 0 Å². The van der Waals surface area contributed by atoms with E-state index in [0.717, 1.165) is 24.0 Å². The fourth-order valence-corrected chi connectivity index (χ4v) is 2.59. The predicted molar refractivity (Wildman–Crippen MR) is 122 cm³/mol. The number of methoxy groups -OCH3 is 1. The molecule has 7 heteroatoms. The Kier molecular flexibility index (Phi) is 11.2. The number of hydrogen-bond donors (Lipinski definition) is 2. The molecule has 2 N–H and O–H groups in total. The number of rotatable bonds is 13. The predicted octanol–water partition coefficient (Wildman–Crippen LogP) is 4.33. The fourth-order valence-electron chi connectivity index (χ4n) is 2.59. The maximum Gasteiger partial charge on any atom is 0.344 e. The van der Waals surface area contributed by atoms with Crippen LogP contribution in [0.4, 0.5) is 0 Å². The average Bonchev–Trinajstić information content (AvgIpc) is 2.75. The van der Waals surface area contributed by atoms with E-state index < -0.39 is 11.6 Å². The molecule has 0 saturated carbocycles. The van der Waals surface area contributed by atoms with Gasteiger partial charge in [0.2, 0.25) is 5.91 Å². The lowest BCUT2D eigenvalue weighted by molar-refractivity contribution is -0.159. The van der Waals surface area contributed by atoms with Crippen molar-refractivity contribution in [3.63, 3.8) is 0 Å². The van der Waals surface area contributed by atoms with Crippen LogP contribution in [0.5, 0.6) is 5.75 Å². The summed E-state index contributed by atoms with van der Waals surface area (Å²) in [4.78, 5) is 24.4. The van der Waals surface area contributed by atoms with Crippen LogP contribution in [0.2, 0.25) is 0 Å². The molecule has 1 amide bonds. The second-order valence-corrected chi connectivity index (χ2v) is 7.81. The first kappa shape index (κ1) is 26.1. The highest BCUT2D eigenvalue weighted by Crippen LogP contribution is 2.18. The van der Waals surface area contributed by atoms with Crippen molar-refractivity contribution in [2.75, 3.05) is 20.3 Å². The Morgan fingerprint density at radius 2 is 1.94 bits per heavy atom. The fraction of sp³-hybridized carbons (Fsp3) is 0.500. The van der Waals surface area contributed by atoms with Crippen molar-refractivity contribution in [1.29, 1.82) is 0 Å². The van der Waals surface area contributed by atoms with Gasteiger partial charge in [0.05, 0.1) is 19.1 Å². The Morgan fingerprint density at radius 1 is 1.26 bits per heavy atom. The zero-order chi connectivity index (χ0) is 23.3. The van der Waals surface area contributed by atoms with Crippen molar-refractivity contribution in [2.24, 2.45) is 5.92 Å². The van der Waals surface area contributed by atoms with E-state index in [9.17, 15) is 9.59 Å². The number of carbonyl (C=O) groups is 2. The highest BCUT2D eigenvalue weighted by Gasteiger charge is 2.21. The zero-order valence-electron chi connectivity index (χ0n) is 19.1. The number of hydrogen-bond acceptors (Lipinski definition) is 6. The van der Waals surface area contributed by atoms with E-state index in [0.29, 0.717) is 25.1 Å². The molecule has 31 heavy (non-hydrogen) atoms. The van der Waals surface area contributed by atoms with E-state index in [4.69, 9.17) is 19.3 Å². The van der Waals surface area contributed by atoms with Gasteiger partial charge in [0.15, 0.2) is 6.61 Å². The van der Waals surface area contributed by atoms with Crippen molar-refractivity contribution in [3.8, 4) is 5.75 Å². The van der Waals surface area contributed by atoms with E-state index >= 15 is 0 Å². The quantitative estimate of drug-likeness (QED) is 0.354. The highest BCUT2D eigenvalue weighted by molar-refractivity contribution is 5.79. The molecule has 174 valence electrons. The molecule has 7 nitrogen and oxygen atoms in total. The Morgan fingerprint density at radius 3 is 2.52 bits per heavy atom. The van der Waals surface area contributed by atoms with Gasteiger partial charge in [-0.3, -0.25) is 4.79 Å². The number of benzene rings is 1. The van der Waals surface area contributed by atoms with Gasteiger partial charge < -0.3 is 24.6 Å². The maximum absolute atomic E-state index is 12.5. The monoisotopic (exact) mass is 435 g/mol. The summed E-state index contributed by atoms with van der Waals surface area (Å²) in [5.74, 6) is 0.412. The number of aliphatic hydroxyl groups is 1. The highest BCUT2D eigenvalue weighted by atomic mass is 16.6. The number of allylic oxidation sites excluding steroid dienone is 2. The van der Waals surface area contributed by atoms with Crippen molar-refractivity contribution >= 4 is 11.9 Å². The maximum atomic E-state index is 12.5. The molecule has 1 aromatic carbocycles. The molecule has 1 rings (SSSR count). The molecule has 0 saturated heterocycles. The molecule has 0 aliphatic heterocycles. The van der Waals surface area contributed by atoms with Gasteiger partial charge in [-0.1, -0.05) is 19.1 Å². The Hall–Kier alpha value is -2.96. The summed E-state index contributed by atoms with van der Waals surface area (Å²) < 4.78 is 15.9. The van der Waals surface area contributed by atoms with E-state index in [2.05, 4.69) is 5.32 Å². The lowest BCUT2D eigenvalue weighted by atomic mass is 9.95. The first-order valence-electron chi connectivity index (χ1n) is 10.4. The summed E-state index contributed by atoms with van der Waals surface area (Å²) in [7, 11) is 1.57. The molecule has 0 heterocycles. The summed E-state index contributed by atoms with van der Waals surface area (Å²) in [5.41, 5.74) is 0.429. The Labute approximate surface area is 186 Å². The van der Waals surface area contributed by atoms with Crippen LogP contribution in [0.15, 0.2) is 48.4 Å². The molecule has 0 aliphatic carbocycles. The molecule has 0 radical (unpaired) electrons. The lowest BCUT2D eigenvalue weighted by Gasteiger charge is -2.23. The Balaban J connectivity index is 0.00000961. The minimum Gasteiger partial charge on any atom is -0.516 e. The van der Waals surface area contributed by atoms with Crippen LogP contribution in [0.1, 0.15) is 47.5 Å². The van der Waals surface area contributed by atoms with Crippen LogP contribution < -0.4 is 10.1 Å². The van der Waals surface area contributed by atoms with Crippen molar-refractivity contribution in [2.45, 2.75) is 52.6 Å². The van der Waals surface area contributed by atoms with Crippen LogP contribution in [-0.4, -0.2) is 42.8 Å². The minimum atomic E-state index is -0.513. The Bertz CT molecular complexity index is 758. The minimum absolute atomic E-state index is 0. The summed E-state index contributed by atoms with van der Waals surface area (Å²) >= 11 is 0. The molecule has 1 unspecified atom stereocenters. The van der Waals surface area contributed by atoms with E-state index in [-0.39, 0.29) is 19.9 Å². The molecule has 0 fully saturated rings. The topological polar surface area (TPSA) is 94.1 Å². The molecule has 1 atom stereocenters. The van der Waals surface area contributed by atoms with Gasteiger partial charge in [0.25, 0.3) is 0 Å². The van der Waals surface area contributed by atoms with Gasteiger partial charge in [-0.05, 0) is 69.9 Å². The molecule has 1 aromatic rings. The third-order valence-electron chi connectivity index (χ3n) is 4.89. The molecular formula is C24H37NO6. The summed E-state index contributed by atoms with van der Waals surface area (Å²) in [5, 5.41) is 11.8. The molecule has 0 bridgehead atoms. The zero-order valence-corrected chi connectivity index (χ0v) is 19.1. The second kappa shape index (κ2) is 13.4. The number of aliphatic hydroxyl groups excluding tert-OH is 1. The second-order valence-electron chi connectivity index (χ2n) is 7.81. The van der Waals surface area contributed by atoms with Gasteiger partial charge in [-0.2, -0.15) is 0 Å².